The van der Waals surface area contributed by atoms with Gasteiger partial charge in [0.2, 0.25) is 11.8 Å². The smallest absolute Gasteiger partial charge is 0.244 e. The number of carbonyl (C=O) groups is 2. The predicted octanol–water partition coefficient (Wildman–Crippen LogP) is 2.42. The van der Waals surface area contributed by atoms with Crippen LogP contribution in [0.3, 0.4) is 0 Å². The Labute approximate surface area is 139 Å². The molecule has 1 N–H and O–H groups in total. The van der Waals surface area contributed by atoms with E-state index in [4.69, 9.17) is 10.5 Å². The highest BCUT2D eigenvalue weighted by Crippen LogP contribution is 2.16. The molecule has 2 rings (SSSR count). The fourth-order valence-corrected chi connectivity index (χ4v) is 2.07. The molecule has 2 amide bonds. The van der Waals surface area contributed by atoms with Crippen LogP contribution in [0.25, 0.3) is 0 Å². The Morgan fingerprint density at radius 3 is 1.92 bits per heavy atom. The van der Waals surface area contributed by atoms with E-state index in [9.17, 15) is 9.59 Å². The molecule has 0 aliphatic carbocycles. The number of nitrogens with one attached hydrogen (secondary N) is 1. The van der Waals surface area contributed by atoms with Crippen LogP contribution in [0.2, 0.25) is 0 Å². The van der Waals surface area contributed by atoms with E-state index in [2.05, 4.69) is 5.32 Å². The normalized spacial score (nSPS) is 9.46. The van der Waals surface area contributed by atoms with Crippen LogP contribution in [0.15, 0.2) is 48.5 Å². The number of hydrogen-bond acceptors (Lipinski definition) is 4. The van der Waals surface area contributed by atoms with Crippen LogP contribution in [-0.2, 0) is 9.59 Å². The summed E-state index contributed by atoms with van der Waals surface area (Å²) in [5.41, 5.74) is 2.05. The molecule has 0 bridgehead atoms. The number of anilines is 2. The SMILES string of the molecule is CC(=O)N(CC(=O)Nc1ccc(C#N)cc1)c1ccc(C#N)cc1. The summed E-state index contributed by atoms with van der Waals surface area (Å²) >= 11 is 0. The monoisotopic (exact) mass is 318 g/mol. The van der Waals surface area contributed by atoms with Crippen molar-refractivity contribution in [2.24, 2.45) is 0 Å². The second-order valence-corrected chi connectivity index (χ2v) is 5.00. The van der Waals surface area contributed by atoms with Crippen molar-refractivity contribution >= 4 is 23.2 Å². The van der Waals surface area contributed by atoms with Crippen molar-refractivity contribution in [3.63, 3.8) is 0 Å². The quantitative estimate of drug-likeness (QED) is 0.936. The molecule has 0 fully saturated rings. The Bertz CT molecular complexity index is 827. The van der Waals surface area contributed by atoms with Gasteiger partial charge in [0.05, 0.1) is 23.3 Å². The maximum Gasteiger partial charge on any atom is 0.244 e. The molecule has 0 aliphatic rings. The largest absolute Gasteiger partial charge is 0.325 e. The van der Waals surface area contributed by atoms with Crippen molar-refractivity contribution in [1.29, 1.82) is 10.5 Å². The molecule has 24 heavy (non-hydrogen) atoms. The molecule has 0 aliphatic heterocycles. The van der Waals surface area contributed by atoms with Crippen LogP contribution in [0.1, 0.15) is 18.1 Å². The highest BCUT2D eigenvalue weighted by Gasteiger charge is 2.16. The van der Waals surface area contributed by atoms with Crippen LogP contribution < -0.4 is 10.2 Å². The molecule has 0 heterocycles. The summed E-state index contributed by atoms with van der Waals surface area (Å²) in [4.78, 5) is 25.3. The molecule has 0 radical (unpaired) electrons. The van der Waals surface area contributed by atoms with Gasteiger partial charge in [-0.3, -0.25) is 9.59 Å². The standard InChI is InChI=1S/C18H14N4O2/c1-13(23)22(17-8-4-15(11-20)5-9-17)12-18(24)21-16-6-2-14(10-19)3-7-16/h2-9H,12H2,1H3,(H,21,24). The number of rotatable bonds is 4. The van der Waals surface area contributed by atoms with Gasteiger partial charge in [-0.2, -0.15) is 10.5 Å². The van der Waals surface area contributed by atoms with Gasteiger partial charge in [0.1, 0.15) is 6.54 Å². The van der Waals surface area contributed by atoms with E-state index in [1.807, 2.05) is 12.1 Å². The first-order valence-electron chi connectivity index (χ1n) is 7.12. The molecular weight excluding hydrogens is 304 g/mol. The Morgan fingerprint density at radius 1 is 0.958 bits per heavy atom. The van der Waals surface area contributed by atoms with Gasteiger partial charge in [0, 0.05) is 18.3 Å². The molecule has 2 aromatic rings. The average Bonchev–Trinajstić information content (AvgIpc) is 2.60. The van der Waals surface area contributed by atoms with Gasteiger partial charge in [-0.15, -0.1) is 0 Å². The van der Waals surface area contributed by atoms with Crippen LogP contribution in [0, 0.1) is 22.7 Å². The first kappa shape index (κ1) is 16.7. The van der Waals surface area contributed by atoms with Gasteiger partial charge in [0.25, 0.3) is 0 Å². The Morgan fingerprint density at radius 2 is 1.46 bits per heavy atom. The third-order valence-corrected chi connectivity index (χ3v) is 3.29. The van der Waals surface area contributed by atoms with Crippen LogP contribution >= 0.6 is 0 Å². The molecule has 6 heteroatoms. The zero-order valence-corrected chi connectivity index (χ0v) is 13.0. The molecule has 0 spiro atoms. The summed E-state index contributed by atoms with van der Waals surface area (Å²) in [5.74, 6) is -0.644. The highest BCUT2D eigenvalue weighted by molar-refractivity contribution is 6.01. The van der Waals surface area contributed by atoms with Crippen molar-refractivity contribution < 1.29 is 9.59 Å². The lowest BCUT2D eigenvalue weighted by Crippen LogP contribution is -2.36. The first-order chi connectivity index (χ1) is 11.5. The molecule has 0 saturated heterocycles. The number of hydrogen-bond donors (Lipinski definition) is 1. The lowest BCUT2D eigenvalue weighted by atomic mass is 10.2. The highest BCUT2D eigenvalue weighted by atomic mass is 16.2. The predicted molar refractivity (Wildman–Crippen MR) is 89.0 cm³/mol. The van der Waals surface area contributed by atoms with Crippen molar-refractivity contribution in [3.8, 4) is 12.1 Å². The third-order valence-electron chi connectivity index (χ3n) is 3.29. The van der Waals surface area contributed by atoms with Crippen molar-refractivity contribution in [1.82, 2.24) is 0 Å². The van der Waals surface area contributed by atoms with Gasteiger partial charge in [-0.05, 0) is 48.5 Å². The number of benzene rings is 2. The molecule has 2 aromatic carbocycles. The lowest BCUT2D eigenvalue weighted by molar-refractivity contribution is -0.120. The molecular formula is C18H14N4O2. The molecule has 0 saturated carbocycles. The summed E-state index contributed by atoms with van der Waals surface area (Å²) < 4.78 is 0. The van der Waals surface area contributed by atoms with E-state index >= 15 is 0 Å². The molecule has 118 valence electrons. The maximum atomic E-state index is 12.2. The summed E-state index contributed by atoms with van der Waals surface area (Å²) in [6, 6.07) is 16.8. The topological polar surface area (TPSA) is 97.0 Å². The van der Waals surface area contributed by atoms with Crippen molar-refractivity contribution in [2.45, 2.75) is 6.92 Å². The molecule has 0 aromatic heterocycles. The summed E-state index contributed by atoms with van der Waals surface area (Å²) in [7, 11) is 0. The average molecular weight is 318 g/mol. The van der Waals surface area contributed by atoms with Gasteiger partial charge in [-0.25, -0.2) is 0 Å². The van der Waals surface area contributed by atoms with E-state index < -0.39 is 0 Å². The van der Waals surface area contributed by atoms with E-state index in [-0.39, 0.29) is 18.4 Å². The van der Waals surface area contributed by atoms with Crippen molar-refractivity contribution in [3.05, 3.63) is 59.7 Å². The Balaban J connectivity index is 2.09. The first-order valence-corrected chi connectivity index (χ1v) is 7.12. The van der Waals surface area contributed by atoms with Gasteiger partial charge in [-0.1, -0.05) is 0 Å². The third kappa shape index (κ3) is 4.19. The van der Waals surface area contributed by atoms with E-state index in [1.165, 1.54) is 11.8 Å². The van der Waals surface area contributed by atoms with E-state index in [0.29, 0.717) is 22.5 Å². The minimum atomic E-state index is -0.362. The Hall–Kier alpha value is -3.64. The molecule has 6 nitrogen and oxygen atoms in total. The number of carbonyl (C=O) groups excluding carboxylic acids is 2. The van der Waals surface area contributed by atoms with E-state index in [0.717, 1.165) is 0 Å². The summed E-state index contributed by atoms with van der Waals surface area (Å²) in [6.45, 7) is 1.22. The van der Waals surface area contributed by atoms with Crippen LogP contribution in [-0.4, -0.2) is 18.4 Å². The van der Waals surface area contributed by atoms with Crippen LogP contribution in [0.4, 0.5) is 11.4 Å². The minimum Gasteiger partial charge on any atom is -0.325 e. The molecule has 0 unspecified atom stereocenters. The van der Waals surface area contributed by atoms with Gasteiger partial charge >= 0.3 is 0 Å². The number of nitriles is 2. The van der Waals surface area contributed by atoms with Crippen molar-refractivity contribution in [2.75, 3.05) is 16.8 Å². The van der Waals surface area contributed by atoms with E-state index in [1.54, 1.807) is 48.5 Å². The number of nitrogens with zero attached hydrogens (tertiary/aromatic N) is 3. The Kier molecular flexibility index (Phi) is 5.28. The summed E-state index contributed by atoms with van der Waals surface area (Å²) in [6.07, 6.45) is 0. The minimum absolute atomic E-state index is 0.152. The lowest BCUT2D eigenvalue weighted by Gasteiger charge is -2.20. The van der Waals surface area contributed by atoms with Gasteiger partial charge < -0.3 is 10.2 Å². The number of amides is 2. The van der Waals surface area contributed by atoms with Crippen LogP contribution in [0.5, 0.6) is 0 Å². The van der Waals surface area contributed by atoms with Gasteiger partial charge in [0.15, 0.2) is 0 Å². The second-order valence-electron chi connectivity index (χ2n) is 5.00. The fourth-order valence-electron chi connectivity index (χ4n) is 2.07. The molecule has 0 atom stereocenters. The zero-order chi connectivity index (χ0) is 17.5. The fraction of sp³-hybridized carbons (Fsp3) is 0.111. The zero-order valence-electron chi connectivity index (χ0n) is 13.0. The second kappa shape index (κ2) is 7.57. The summed E-state index contributed by atoms with van der Waals surface area (Å²) in [5, 5.41) is 20.2. The maximum absolute atomic E-state index is 12.2.